The molecule has 0 amide bonds. The molecule has 1 aromatic rings. The normalized spacial score (nSPS) is 11.8. The zero-order chi connectivity index (χ0) is 15.0. The quantitative estimate of drug-likeness (QED) is 0.701. The molecular weight excluding hydrogens is 254 g/mol. The van der Waals surface area contributed by atoms with Crippen LogP contribution in [0.4, 0.5) is 0 Å². The van der Waals surface area contributed by atoms with Crippen LogP contribution >= 0.6 is 0 Å². The Bertz CT molecular complexity index is 491. The van der Waals surface area contributed by atoms with Crippen LogP contribution in [0.25, 0.3) is 0 Å². The second kappa shape index (κ2) is 8.08. The summed E-state index contributed by atoms with van der Waals surface area (Å²) in [6.07, 6.45) is 10.3. The second-order valence-electron chi connectivity index (χ2n) is 5.85. The summed E-state index contributed by atoms with van der Waals surface area (Å²) in [5.41, 5.74) is -0.0664. The first-order chi connectivity index (χ1) is 9.53. The zero-order valence-electron chi connectivity index (χ0n) is 13.0. The van der Waals surface area contributed by atoms with Gasteiger partial charge < -0.3 is 4.42 Å². The lowest BCUT2D eigenvalue weighted by atomic mass is 9.75. The minimum atomic E-state index is -0.678. The molecule has 1 heterocycles. The monoisotopic (exact) mass is 281 g/mol. The van der Waals surface area contributed by atoms with Gasteiger partial charge in [-0.2, -0.15) is 0 Å². The van der Waals surface area contributed by atoms with Gasteiger partial charge in [-0.15, -0.1) is 0 Å². The third-order valence-electron chi connectivity index (χ3n) is 4.05. The van der Waals surface area contributed by atoms with E-state index >= 15 is 0 Å². The molecule has 4 heteroatoms. The van der Waals surface area contributed by atoms with Crippen molar-refractivity contribution in [2.45, 2.75) is 77.6 Å². The number of aromatic amines is 1. The van der Waals surface area contributed by atoms with Crippen LogP contribution in [0.1, 0.15) is 77.7 Å². The topological polar surface area (TPSA) is 63.1 Å². The van der Waals surface area contributed by atoms with Crippen LogP contribution in [-0.4, -0.2) is 4.98 Å². The summed E-state index contributed by atoms with van der Waals surface area (Å²) in [6.45, 7) is 6.45. The van der Waals surface area contributed by atoms with Gasteiger partial charge in [-0.25, -0.2) is 9.59 Å². The highest BCUT2D eigenvalue weighted by Gasteiger charge is 2.29. The molecule has 0 saturated heterocycles. The van der Waals surface area contributed by atoms with E-state index in [4.69, 9.17) is 4.42 Å². The molecule has 1 rings (SSSR count). The lowest BCUT2D eigenvalue weighted by molar-refractivity contribution is 0.339. The van der Waals surface area contributed by atoms with Gasteiger partial charge in [0.05, 0.1) is 5.56 Å². The minimum absolute atomic E-state index is 0.199. The number of unbranched alkanes of at least 4 members (excludes halogenated alkanes) is 4. The van der Waals surface area contributed by atoms with E-state index in [9.17, 15) is 9.59 Å². The van der Waals surface area contributed by atoms with Gasteiger partial charge in [-0.05, 0) is 12.8 Å². The molecule has 20 heavy (non-hydrogen) atoms. The molecule has 1 aromatic heterocycles. The van der Waals surface area contributed by atoms with E-state index in [1.165, 1.54) is 0 Å². The second-order valence-corrected chi connectivity index (χ2v) is 5.85. The van der Waals surface area contributed by atoms with Crippen molar-refractivity contribution in [2.24, 2.45) is 0 Å². The first kappa shape index (κ1) is 16.7. The van der Waals surface area contributed by atoms with Crippen LogP contribution in [0.2, 0.25) is 0 Å². The summed E-state index contributed by atoms with van der Waals surface area (Å²) in [5, 5.41) is 0. The van der Waals surface area contributed by atoms with Gasteiger partial charge in [0, 0.05) is 11.6 Å². The van der Waals surface area contributed by atoms with Gasteiger partial charge in [0.2, 0.25) is 0 Å². The number of rotatable bonds is 9. The van der Waals surface area contributed by atoms with Gasteiger partial charge in [0.15, 0.2) is 0 Å². The van der Waals surface area contributed by atoms with E-state index < -0.39 is 11.4 Å². The van der Waals surface area contributed by atoms with E-state index in [1.807, 2.05) is 0 Å². The Morgan fingerprint density at radius 1 is 1.05 bits per heavy atom. The summed E-state index contributed by atoms with van der Waals surface area (Å²) < 4.78 is 4.70. The predicted octanol–water partition coefficient (Wildman–Crippen LogP) is 3.75. The van der Waals surface area contributed by atoms with Gasteiger partial charge in [0.1, 0.15) is 0 Å². The van der Waals surface area contributed by atoms with Gasteiger partial charge >= 0.3 is 11.4 Å². The van der Waals surface area contributed by atoms with Gasteiger partial charge in [-0.1, -0.05) is 59.3 Å². The van der Waals surface area contributed by atoms with Crippen LogP contribution in [0.5, 0.6) is 0 Å². The van der Waals surface area contributed by atoms with Crippen LogP contribution < -0.4 is 11.4 Å². The molecule has 0 aliphatic carbocycles. The molecule has 0 atom stereocenters. The van der Waals surface area contributed by atoms with Crippen molar-refractivity contribution < 1.29 is 4.42 Å². The molecule has 1 N–H and O–H groups in total. The average molecular weight is 281 g/mol. The number of nitrogens with one attached hydrogen (secondary N) is 1. The van der Waals surface area contributed by atoms with E-state index in [1.54, 1.807) is 6.20 Å². The van der Waals surface area contributed by atoms with Crippen molar-refractivity contribution in [3.8, 4) is 0 Å². The lowest BCUT2D eigenvalue weighted by Gasteiger charge is -2.28. The maximum absolute atomic E-state index is 12.0. The lowest BCUT2D eigenvalue weighted by Crippen LogP contribution is -2.31. The first-order valence-electron chi connectivity index (χ1n) is 7.77. The Morgan fingerprint density at radius 3 is 2.05 bits per heavy atom. The maximum atomic E-state index is 12.0. The van der Waals surface area contributed by atoms with Gasteiger partial charge in [-0.3, -0.25) is 4.98 Å². The number of hydrogen-bond acceptors (Lipinski definition) is 3. The van der Waals surface area contributed by atoms with Crippen LogP contribution in [0.3, 0.4) is 0 Å². The number of aromatic nitrogens is 1. The third-order valence-corrected chi connectivity index (χ3v) is 4.05. The Hall–Kier alpha value is -1.32. The molecule has 0 unspecified atom stereocenters. The summed E-state index contributed by atoms with van der Waals surface area (Å²) in [6, 6.07) is 0. The average Bonchev–Trinajstić information content (AvgIpc) is 2.39. The summed E-state index contributed by atoms with van der Waals surface area (Å²) in [4.78, 5) is 25.5. The number of H-pyrrole nitrogens is 1. The molecule has 0 bridgehead atoms. The van der Waals surface area contributed by atoms with Crippen LogP contribution in [0, 0.1) is 0 Å². The molecule has 114 valence electrons. The fourth-order valence-electron chi connectivity index (χ4n) is 2.70. The fourth-order valence-corrected chi connectivity index (χ4v) is 2.70. The zero-order valence-corrected chi connectivity index (χ0v) is 13.0. The summed E-state index contributed by atoms with van der Waals surface area (Å²) in [7, 11) is 0. The Balaban J connectivity index is 2.95. The summed E-state index contributed by atoms with van der Waals surface area (Å²) >= 11 is 0. The molecule has 0 spiro atoms. The maximum Gasteiger partial charge on any atom is 0.419 e. The fraction of sp³-hybridized carbons (Fsp3) is 0.750. The van der Waals surface area contributed by atoms with E-state index in [-0.39, 0.29) is 5.41 Å². The van der Waals surface area contributed by atoms with E-state index in [2.05, 4.69) is 25.8 Å². The molecule has 0 aromatic carbocycles. The smallest absolute Gasteiger partial charge is 0.372 e. The highest BCUT2D eigenvalue weighted by atomic mass is 16.4. The Labute approximate surface area is 120 Å². The highest BCUT2D eigenvalue weighted by Crippen LogP contribution is 2.33. The molecular formula is C16H27NO3. The molecule has 0 saturated carbocycles. The van der Waals surface area contributed by atoms with Crippen molar-refractivity contribution in [2.75, 3.05) is 0 Å². The van der Waals surface area contributed by atoms with Gasteiger partial charge in [0.25, 0.3) is 0 Å². The van der Waals surface area contributed by atoms with Crippen LogP contribution in [0.15, 0.2) is 20.2 Å². The first-order valence-corrected chi connectivity index (χ1v) is 7.77. The summed E-state index contributed by atoms with van der Waals surface area (Å²) in [5.74, 6) is -0.678. The van der Waals surface area contributed by atoms with Crippen molar-refractivity contribution in [3.05, 3.63) is 32.7 Å². The molecule has 4 nitrogen and oxygen atoms in total. The van der Waals surface area contributed by atoms with Crippen LogP contribution in [-0.2, 0) is 5.41 Å². The van der Waals surface area contributed by atoms with E-state index in [0.717, 1.165) is 51.4 Å². The Morgan fingerprint density at radius 2 is 1.60 bits per heavy atom. The minimum Gasteiger partial charge on any atom is -0.372 e. The van der Waals surface area contributed by atoms with E-state index in [0.29, 0.717) is 5.56 Å². The predicted molar refractivity (Wildman–Crippen MR) is 81.2 cm³/mol. The largest absolute Gasteiger partial charge is 0.419 e. The van der Waals surface area contributed by atoms with Crippen molar-refractivity contribution in [1.82, 2.24) is 4.98 Å². The van der Waals surface area contributed by atoms with Crippen molar-refractivity contribution >= 4 is 0 Å². The Kier molecular flexibility index (Phi) is 6.76. The number of hydrogen-bond donors (Lipinski definition) is 1. The molecule has 0 fully saturated rings. The SMILES string of the molecule is CCCCCC(C)(CCCCC)c1c[nH]c(=O)oc1=O. The molecule has 0 aliphatic heterocycles. The molecule has 0 aliphatic rings. The third kappa shape index (κ3) is 4.66. The van der Waals surface area contributed by atoms with Crippen molar-refractivity contribution in [1.29, 1.82) is 0 Å². The molecule has 0 radical (unpaired) electrons. The van der Waals surface area contributed by atoms with Crippen molar-refractivity contribution in [3.63, 3.8) is 0 Å². The standard InChI is InChI=1S/C16H27NO3/c1-4-6-8-10-16(3,11-9-7-5-2)13-12-17-15(19)20-14(13)18/h12H,4-11H2,1-3H3,(H,17,19). The highest BCUT2D eigenvalue weighted by molar-refractivity contribution is 5.16.